The van der Waals surface area contributed by atoms with Crippen LogP contribution in [0.25, 0.3) is 0 Å². The highest BCUT2D eigenvalue weighted by Gasteiger charge is 2.22. The van der Waals surface area contributed by atoms with Crippen LogP contribution in [0, 0.1) is 5.82 Å². The lowest BCUT2D eigenvalue weighted by atomic mass is 10.1. The topological polar surface area (TPSA) is 40.6 Å². The highest BCUT2D eigenvalue weighted by molar-refractivity contribution is 5.79. The molecule has 0 bridgehead atoms. The van der Waals surface area contributed by atoms with Gasteiger partial charge in [0.05, 0.1) is 6.42 Å². The number of halogens is 1. The first-order valence-corrected chi connectivity index (χ1v) is 6.34. The van der Waals surface area contributed by atoms with Gasteiger partial charge in [-0.05, 0) is 17.7 Å². The molecule has 0 radical (unpaired) electrons. The van der Waals surface area contributed by atoms with Crippen LogP contribution in [0.3, 0.4) is 0 Å². The zero-order valence-electron chi connectivity index (χ0n) is 10.9. The van der Waals surface area contributed by atoms with E-state index < -0.39 is 0 Å². The summed E-state index contributed by atoms with van der Waals surface area (Å²) in [6.07, 6.45) is 0.278. The minimum absolute atomic E-state index is 0.0230. The van der Waals surface area contributed by atoms with Gasteiger partial charge in [0.2, 0.25) is 11.8 Å². The standard InChI is InChI=1S/C14H17FN2O2/c1-11(18)16-6-8-17(9-7-16)14(19)10-12-2-4-13(15)5-3-12/h2-5H,6-10H2,1H3. The van der Waals surface area contributed by atoms with Crippen molar-refractivity contribution in [3.8, 4) is 0 Å². The van der Waals surface area contributed by atoms with Gasteiger partial charge in [-0.3, -0.25) is 9.59 Å². The second kappa shape index (κ2) is 5.82. The summed E-state index contributed by atoms with van der Waals surface area (Å²) >= 11 is 0. The van der Waals surface area contributed by atoms with Crippen molar-refractivity contribution in [1.82, 2.24) is 9.80 Å². The molecule has 0 unspecified atom stereocenters. The van der Waals surface area contributed by atoms with E-state index in [-0.39, 0.29) is 24.1 Å². The lowest BCUT2D eigenvalue weighted by molar-refractivity contribution is -0.138. The summed E-state index contributed by atoms with van der Waals surface area (Å²) in [7, 11) is 0. The lowest BCUT2D eigenvalue weighted by Gasteiger charge is -2.34. The third kappa shape index (κ3) is 3.53. The molecule has 102 valence electrons. The SMILES string of the molecule is CC(=O)N1CCN(C(=O)Cc2ccc(F)cc2)CC1. The maximum absolute atomic E-state index is 12.8. The van der Waals surface area contributed by atoms with E-state index in [0.717, 1.165) is 5.56 Å². The van der Waals surface area contributed by atoms with Crippen molar-refractivity contribution in [2.45, 2.75) is 13.3 Å². The molecule has 1 aliphatic heterocycles. The normalized spacial score (nSPS) is 15.5. The number of hydrogen-bond acceptors (Lipinski definition) is 2. The van der Waals surface area contributed by atoms with Gasteiger partial charge in [0, 0.05) is 33.1 Å². The predicted molar refractivity (Wildman–Crippen MR) is 68.9 cm³/mol. The summed E-state index contributed by atoms with van der Waals surface area (Å²) in [5, 5.41) is 0. The highest BCUT2D eigenvalue weighted by Crippen LogP contribution is 2.08. The third-order valence-corrected chi connectivity index (χ3v) is 3.35. The number of rotatable bonds is 2. The van der Waals surface area contributed by atoms with E-state index in [1.165, 1.54) is 19.1 Å². The fourth-order valence-corrected chi connectivity index (χ4v) is 2.16. The average molecular weight is 264 g/mol. The minimum Gasteiger partial charge on any atom is -0.339 e. The van der Waals surface area contributed by atoms with Crippen LogP contribution in [0.1, 0.15) is 12.5 Å². The van der Waals surface area contributed by atoms with Gasteiger partial charge in [-0.2, -0.15) is 0 Å². The Morgan fingerprint density at radius 1 is 1.05 bits per heavy atom. The van der Waals surface area contributed by atoms with Crippen molar-refractivity contribution < 1.29 is 14.0 Å². The molecule has 4 nitrogen and oxygen atoms in total. The Morgan fingerprint density at radius 3 is 2.11 bits per heavy atom. The molecule has 0 aromatic heterocycles. The molecule has 0 atom stereocenters. The first kappa shape index (κ1) is 13.5. The molecule has 5 heteroatoms. The van der Waals surface area contributed by atoms with E-state index >= 15 is 0 Å². The van der Waals surface area contributed by atoms with Crippen molar-refractivity contribution in [1.29, 1.82) is 0 Å². The van der Waals surface area contributed by atoms with Crippen LogP contribution in [0.5, 0.6) is 0 Å². The largest absolute Gasteiger partial charge is 0.339 e. The zero-order chi connectivity index (χ0) is 13.8. The number of hydrogen-bond donors (Lipinski definition) is 0. The Hall–Kier alpha value is -1.91. The van der Waals surface area contributed by atoms with E-state index in [4.69, 9.17) is 0 Å². The molecule has 2 rings (SSSR count). The number of piperazine rings is 1. The molecule has 1 aliphatic rings. The Bertz CT molecular complexity index is 465. The van der Waals surface area contributed by atoms with E-state index in [1.54, 1.807) is 21.9 Å². The number of nitrogens with zero attached hydrogens (tertiary/aromatic N) is 2. The lowest BCUT2D eigenvalue weighted by Crippen LogP contribution is -2.50. The van der Waals surface area contributed by atoms with Gasteiger partial charge in [0.25, 0.3) is 0 Å². The van der Waals surface area contributed by atoms with Crippen LogP contribution in [0.4, 0.5) is 4.39 Å². The molecular formula is C14H17FN2O2. The Morgan fingerprint density at radius 2 is 1.58 bits per heavy atom. The second-order valence-corrected chi connectivity index (χ2v) is 4.69. The fraction of sp³-hybridized carbons (Fsp3) is 0.429. The molecule has 0 aliphatic carbocycles. The smallest absolute Gasteiger partial charge is 0.227 e. The molecule has 1 aromatic carbocycles. The van der Waals surface area contributed by atoms with Crippen LogP contribution in [0.2, 0.25) is 0 Å². The highest BCUT2D eigenvalue weighted by atomic mass is 19.1. The zero-order valence-corrected chi connectivity index (χ0v) is 10.9. The molecule has 0 saturated carbocycles. The fourth-order valence-electron chi connectivity index (χ4n) is 2.16. The minimum atomic E-state index is -0.300. The maximum Gasteiger partial charge on any atom is 0.227 e. The maximum atomic E-state index is 12.8. The van der Waals surface area contributed by atoms with E-state index in [0.29, 0.717) is 26.2 Å². The van der Waals surface area contributed by atoms with Crippen molar-refractivity contribution in [3.63, 3.8) is 0 Å². The number of benzene rings is 1. The predicted octanol–water partition coefficient (Wildman–Crippen LogP) is 1.06. The molecule has 0 spiro atoms. The molecule has 1 heterocycles. The quantitative estimate of drug-likeness (QED) is 0.801. The van der Waals surface area contributed by atoms with Crippen LogP contribution >= 0.6 is 0 Å². The second-order valence-electron chi connectivity index (χ2n) is 4.69. The number of amides is 2. The number of carbonyl (C=O) groups excluding carboxylic acids is 2. The van der Waals surface area contributed by atoms with Gasteiger partial charge in [-0.15, -0.1) is 0 Å². The van der Waals surface area contributed by atoms with Gasteiger partial charge in [-0.1, -0.05) is 12.1 Å². The molecule has 2 amide bonds. The van der Waals surface area contributed by atoms with Crippen LogP contribution in [0.15, 0.2) is 24.3 Å². The molecule has 1 saturated heterocycles. The first-order chi connectivity index (χ1) is 9.06. The van der Waals surface area contributed by atoms with Crippen molar-refractivity contribution in [2.75, 3.05) is 26.2 Å². The molecule has 1 aromatic rings. The van der Waals surface area contributed by atoms with Gasteiger partial charge in [-0.25, -0.2) is 4.39 Å². The van der Waals surface area contributed by atoms with Crippen molar-refractivity contribution in [3.05, 3.63) is 35.6 Å². The van der Waals surface area contributed by atoms with Gasteiger partial charge in [0.15, 0.2) is 0 Å². The number of carbonyl (C=O) groups is 2. The molecule has 19 heavy (non-hydrogen) atoms. The van der Waals surface area contributed by atoms with Crippen LogP contribution < -0.4 is 0 Å². The van der Waals surface area contributed by atoms with E-state index in [2.05, 4.69) is 0 Å². The van der Waals surface area contributed by atoms with Gasteiger partial charge < -0.3 is 9.80 Å². The van der Waals surface area contributed by atoms with E-state index in [1.807, 2.05) is 0 Å². The Balaban J connectivity index is 1.88. The summed E-state index contributed by atoms with van der Waals surface area (Å²) in [6, 6.07) is 5.96. The molecule has 0 N–H and O–H groups in total. The summed E-state index contributed by atoms with van der Waals surface area (Å²) in [5.41, 5.74) is 0.806. The van der Waals surface area contributed by atoms with E-state index in [9.17, 15) is 14.0 Å². The van der Waals surface area contributed by atoms with Crippen molar-refractivity contribution in [2.24, 2.45) is 0 Å². The summed E-state index contributed by atoms with van der Waals surface area (Å²) < 4.78 is 12.8. The molecular weight excluding hydrogens is 247 g/mol. The average Bonchev–Trinajstić information content (AvgIpc) is 2.41. The van der Waals surface area contributed by atoms with Crippen LogP contribution in [-0.4, -0.2) is 47.8 Å². The van der Waals surface area contributed by atoms with Gasteiger partial charge >= 0.3 is 0 Å². The van der Waals surface area contributed by atoms with Crippen LogP contribution in [-0.2, 0) is 16.0 Å². The van der Waals surface area contributed by atoms with Gasteiger partial charge in [0.1, 0.15) is 5.82 Å². The first-order valence-electron chi connectivity index (χ1n) is 6.34. The molecule has 1 fully saturated rings. The Labute approximate surface area is 111 Å². The summed E-state index contributed by atoms with van der Waals surface area (Å²) in [5.74, 6) is -0.230. The van der Waals surface area contributed by atoms with Crippen molar-refractivity contribution >= 4 is 11.8 Å². The summed E-state index contributed by atoms with van der Waals surface area (Å²) in [6.45, 7) is 3.85. The Kier molecular flexibility index (Phi) is 4.14. The third-order valence-electron chi connectivity index (χ3n) is 3.35. The summed E-state index contributed by atoms with van der Waals surface area (Å²) in [4.78, 5) is 26.7. The monoisotopic (exact) mass is 264 g/mol.